The van der Waals surface area contributed by atoms with Gasteiger partial charge in [-0.2, -0.15) is 4.37 Å². The molecule has 4 rings (SSSR count). The molecule has 0 aliphatic carbocycles. The second kappa shape index (κ2) is 9.68. The van der Waals surface area contributed by atoms with Crippen molar-refractivity contribution in [3.05, 3.63) is 76.8 Å². The summed E-state index contributed by atoms with van der Waals surface area (Å²) in [4.78, 5) is 23.8. The fourth-order valence-electron chi connectivity index (χ4n) is 3.13. The normalized spacial score (nSPS) is 13.2. The van der Waals surface area contributed by atoms with Crippen LogP contribution in [0.25, 0.3) is 11.3 Å². The van der Waals surface area contributed by atoms with Crippen LogP contribution in [-0.4, -0.2) is 19.4 Å². The first-order valence-corrected chi connectivity index (χ1v) is 11.9. The van der Waals surface area contributed by atoms with Gasteiger partial charge in [-0.1, -0.05) is 29.4 Å². The molecule has 10 nitrogen and oxygen atoms in total. The van der Waals surface area contributed by atoms with Gasteiger partial charge in [0.25, 0.3) is 13.6 Å². The van der Waals surface area contributed by atoms with Gasteiger partial charge in [-0.15, -0.1) is 0 Å². The number of nitrogen functional groups attached to an aromatic ring is 1. The molecule has 32 heavy (non-hydrogen) atoms. The maximum absolute atomic E-state index is 10.8. The van der Waals surface area contributed by atoms with E-state index in [1.54, 1.807) is 24.5 Å². The number of pyridine rings is 1. The summed E-state index contributed by atoms with van der Waals surface area (Å²) < 4.78 is 26.0. The Morgan fingerprint density at radius 3 is 2.72 bits per heavy atom. The molecule has 0 saturated heterocycles. The third-order valence-corrected chi connectivity index (χ3v) is 5.90. The van der Waals surface area contributed by atoms with Crippen molar-refractivity contribution in [2.75, 3.05) is 5.73 Å². The molecule has 0 radical (unpaired) electrons. The number of aryl methyl sites for hydroxylation is 2. The Balaban J connectivity index is 1.41. The fourth-order valence-corrected chi connectivity index (χ4v) is 3.91. The number of phosphoric ester groups is 1. The SMILES string of the molecule is Nc1c(-c2cc(Cc3ccc(CCc4ncns4)cc3)no2)ccc[n+]1COP(=O)([O-])O. The molecular formula is C20H20N5O5PS. The number of phosphoric acid groups is 1. The second-order valence-electron chi connectivity index (χ2n) is 7.01. The molecule has 1 atom stereocenters. The molecular weight excluding hydrogens is 453 g/mol. The van der Waals surface area contributed by atoms with Gasteiger partial charge in [0.15, 0.2) is 12.5 Å². The molecule has 3 heterocycles. The number of hydrogen-bond donors (Lipinski definition) is 2. The van der Waals surface area contributed by atoms with Crippen molar-refractivity contribution in [3.8, 4) is 11.3 Å². The van der Waals surface area contributed by atoms with Crippen molar-refractivity contribution in [1.82, 2.24) is 14.5 Å². The summed E-state index contributed by atoms with van der Waals surface area (Å²) in [6, 6.07) is 13.5. The van der Waals surface area contributed by atoms with Crippen LogP contribution < -0.4 is 15.2 Å². The zero-order valence-electron chi connectivity index (χ0n) is 16.8. The first-order chi connectivity index (χ1) is 15.4. The Labute approximate surface area is 187 Å². The summed E-state index contributed by atoms with van der Waals surface area (Å²) in [5.41, 5.74) is 9.67. The Bertz CT molecular complexity index is 1220. The van der Waals surface area contributed by atoms with Gasteiger partial charge in [-0.3, -0.25) is 14.8 Å². The highest BCUT2D eigenvalue weighted by Gasteiger charge is 2.18. The van der Waals surface area contributed by atoms with Crippen molar-refractivity contribution in [2.45, 2.75) is 26.0 Å². The highest BCUT2D eigenvalue weighted by molar-refractivity contribution is 7.44. The van der Waals surface area contributed by atoms with E-state index in [1.807, 2.05) is 0 Å². The summed E-state index contributed by atoms with van der Waals surface area (Å²) in [5, 5.41) is 5.14. The van der Waals surface area contributed by atoms with Crippen LogP contribution in [0.1, 0.15) is 21.8 Å². The average Bonchev–Trinajstić information content (AvgIpc) is 3.44. The smallest absolute Gasteiger partial charge is 0.285 e. The van der Waals surface area contributed by atoms with Crippen LogP contribution >= 0.6 is 19.4 Å². The van der Waals surface area contributed by atoms with E-state index in [-0.39, 0.29) is 5.82 Å². The largest absolute Gasteiger partial charge is 0.756 e. The van der Waals surface area contributed by atoms with E-state index in [1.165, 1.54) is 27.9 Å². The Morgan fingerprint density at radius 2 is 2.00 bits per heavy atom. The summed E-state index contributed by atoms with van der Waals surface area (Å²) in [6.07, 6.45) is 5.45. The van der Waals surface area contributed by atoms with Crippen LogP contribution in [0.15, 0.2) is 59.5 Å². The second-order valence-corrected chi connectivity index (χ2v) is 9.07. The van der Waals surface area contributed by atoms with Gasteiger partial charge in [0.1, 0.15) is 16.9 Å². The average molecular weight is 473 g/mol. The number of rotatable bonds is 9. The first-order valence-electron chi connectivity index (χ1n) is 9.63. The molecule has 166 valence electrons. The minimum absolute atomic E-state index is 0.212. The van der Waals surface area contributed by atoms with Crippen LogP contribution in [0.3, 0.4) is 0 Å². The highest BCUT2D eigenvalue weighted by Crippen LogP contribution is 2.30. The van der Waals surface area contributed by atoms with E-state index in [0.29, 0.717) is 17.7 Å². The maximum Gasteiger partial charge on any atom is 0.285 e. The van der Waals surface area contributed by atoms with Crippen LogP contribution in [0.2, 0.25) is 0 Å². The number of anilines is 1. The van der Waals surface area contributed by atoms with E-state index in [2.05, 4.69) is 43.3 Å². The Kier molecular flexibility index (Phi) is 6.73. The maximum atomic E-state index is 10.8. The molecule has 0 aliphatic heterocycles. The first kappa shape index (κ1) is 22.3. The standard InChI is InChI=1S/C20H20N5O5PS/c21-20-17(2-1-9-25(20)13-29-31(26,27)28)18-11-16(24-30-18)10-15-5-3-14(4-6-15)7-8-19-22-12-23-32-19/h1-6,9,11-12,21H,7-8,10,13H2,(H2,26,27,28). The number of nitrogens with zero attached hydrogens (tertiary/aromatic N) is 4. The topological polar surface area (TPSA) is 151 Å². The van der Waals surface area contributed by atoms with Crippen molar-refractivity contribution in [2.24, 2.45) is 0 Å². The molecule has 12 heteroatoms. The number of nitrogens with two attached hydrogens (primary N) is 1. The van der Waals surface area contributed by atoms with Crippen molar-refractivity contribution >= 4 is 25.2 Å². The molecule has 0 fully saturated rings. The lowest BCUT2D eigenvalue weighted by molar-refractivity contribution is -0.712. The van der Waals surface area contributed by atoms with E-state index >= 15 is 0 Å². The van der Waals surface area contributed by atoms with Crippen molar-refractivity contribution in [3.63, 3.8) is 0 Å². The van der Waals surface area contributed by atoms with E-state index in [9.17, 15) is 9.46 Å². The molecule has 3 aromatic heterocycles. The molecule has 4 aromatic rings. The number of aromatic nitrogens is 4. The van der Waals surface area contributed by atoms with Crippen molar-refractivity contribution in [1.29, 1.82) is 0 Å². The predicted octanol–water partition coefficient (Wildman–Crippen LogP) is 1.87. The van der Waals surface area contributed by atoms with Crippen molar-refractivity contribution < 1.29 is 28.0 Å². The molecule has 0 saturated carbocycles. The van der Waals surface area contributed by atoms with Crippen LogP contribution in [0, 0.1) is 0 Å². The van der Waals surface area contributed by atoms with E-state index < -0.39 is 14.6 Å². The van der Waals surface area contributed by atoms with Gasteiger partial charge >= 0.3 is 0 Å². The highest BCUT2D eigenvalue weighted by atomic mass is 32.1. The molecule has 1 unspecified atom stereocenters. The summed E-state index contributed by atoms with van der Waals surface area (Å²) in [6.45, 7) is -0.455. The molecule has 0 spiro atoms. The van der Waals surface area contributed by atoms with Gasteiger partial charge in [0.2, 0.25) is 0 Å². The molecule has 3 N–H and O–H groups in total. The van der Waals surface area contributed by atoms with Gasteiger partial charge in [-0.25, -0.2) is 9.55 Å². The lowest BCUT2D eigenvalue weighted by Crippen LogP contribution is -2.38. The molecule has 0 aliphatic rings. The minimum atomic E-state index is -4.86. The summed E-state index contributed by atoms with van der Waals surface area (Å²) in [5.74, 6) is 0.651. The number of benzene rings is 1. The number of hydrogen-bond acceptors (Lipinski definition) is 9. The molecule has 1 aromatic carbocycles. The summed E-state index contributed by atoms with van der Waals surface area (Å²) >= 11 is 1.42. The fraction of sp³-hybridized carbons (Fsp3) is 0.200. The third-order valence-electron chi connectivity index (χ3n) is 4.74. The zero-order chi connectivity index (χ0) is 22.6. The van der Waals surface area contributed by atoms with Crippen LogP contribution in [0.4, 0.5) is 5.82 Å². The van der Waals surface area contributed by atoms with Gasteiger partial charge in [0.05, 0.1) is 11.9 Å². The summed E-state index contributed by atoms with van der Waals surface area (Å²) in [7, 11) is -4.86. The molecule has 0 amide bonds. The monoisotopic (exact) mass is 473 g/mol. The third kappa shape index (κ3) is 5.84. The minimum Gasteiger partial charge on any atom is -0.756 e. The molecule has 0 bridgehead atoms. The van der Waals surface area contributed by atoms with Gasteiger partial charge < -0.3 is 14.3 Å². The van der Waals surface area contributed by atoms with E-state index in [0.717, 1.165) is 29.1 Å². The van der Waals surface area contributed by atoms with Gasteiger partial charge in [0, 0.05) is 18.9 Å². The Morgan fingerprint density at radius 1 is 1.22 bits per heavy atom. The van der Waals surface area contributed by atoms with Gasteiger partial charge in [-0.05, 0) is 41.2 Å². The lowest BCUT2D eigenvalue weighted by atomic mass is 10.0. The zero-order valence-corrected chi connectivity index (χ0v) is 18.5. The predicted molar refractivity (Wildman–Crippen MR) is 114 cm³/mol. The lowest BCUT2D eigenvalue weighted by Gasteiger charge is -2.14. The van der Waals surface area contributed by atoms with E-state index in [4.69, 9.17) is 15.2 Å². The van der Waals surface area contributed by atoms with Crippen LogP contribution in [-0.2, 0) is 35.1 Å². The Hall–Kier alpha value is -2.95. The van der Waals surface area contributed by atoms with Crippen LogP contribution in [0.5, 0.6) is 0 Å². The quantitative estimate of drug-likeness (QED) is 0.274.